The van der Waals surface area contributed by atoms with Crippen LogP contribution in [-0.2, 0) is 0 Å². The molecule has 2 nitrogen and oxygen atoms in total. The SMILES string of the molecule is CC1CCN(CC2CCN(C(C)C)CC2)CC1. The highest BCUT2D eigenvalue weighted by atomic mass is 15.2. The van der Waals surface area contributed by atoms with Gasteiger partial charge in [-0.05, 0) is 77.5 Å². The van der Waals surface area contributed by atoms with Crippen molar-refractivity contribution in [2.24, 2.45) is 11.8 Å². The zero-order chi connectivity index (χ0) is 12.3. The molecule has 2 heterocycles. The Morgan fingerprint density at radius 1 is 0.941 bits per heavy atom. The van der Waals surface area contributed by atoms with E-state index in [0.29, 0.717) is 0 Å². The first kappa shape index (κ1) is 13.4. The molecule has 2 aliphatic rings. The zero-order valence-corrected chi connectivity index (χ0v) is 12.0. The van der Waals surface area contributed by atoms with Crippen molar-refractivity contribution in [3.8, 4) is 0 Å². The van der Waals surface area contributed by atoms with Crippen LogP contribution in [0, 0.1) is 11.8 Å². The molecule has 0 aliphatic carbocycles. The molecule has 2 saturated heterocycles. The van der Waals surface area contributed by atoms with Gasteiger partial charge in [0.2, 0.25) is 0 Å². The topological polar surface area (TPSA) is 6.48 Å². The molecule has 0 unspecified atom stereocenters. The average Bonchev–Trinajstić information content (AvgIpc) is 2.33. The van der Waals surface area contributed by atoms with Crippen LogP contribution in [-0.4, -0.2) is 48.6 Å². The predicted octanol–water partition coefficient (Wildman–Crippen LogP) is 2.84. The maximum Gasteiger partial charge on any atom is 0.00385 e. The number of rotatable bonds is 3. The molecule has 17 heavy (non-hydrogen) atoms. The van der Waals surface area contributed by atoms with Gasteiger partial charge in [0.15, 0.2) is 0 Å². The maximum atomic E-state index is 2.72. The standard InChI is InChI=1S/C15H30N2/c1-13(2)17-10-6-15(7-11-17)12-16-8-4-14(3)5-9-16/h13-15H,4-12H2,1-3H3. The van der Waals surface area contributed by atoms with Crippen molar-refractivity contribution in [1.82, 2.24) is 9.80 Å². The predicted molar refractivity (Wildman–Crippen MR) is 74.3 cm³/mol. The zero-order valence-electron chi connectivity index (χ0n) is 12.0. The molecule has 2 aliphatic heterocycles. The summed E-state index contributed by atoms with van der Waals surface area (Å²) in [5.74, 6) is 1.94. The quantitative estimate of drug-likeness (QED) is 0.746. The second-order valence-corrected chi connectivity index (χ2v) is 6.56. The number of likely N-dealkylation sites (tertiary alicyclic amines) is 2. The van der Waals surface area contributed by atoms with Gasteiger partial charge in [0, 0.05) is 12.6 Å². The summed E-state index contributed by atoms with van der Waals surface area (Å²) in [7, 11) is 0. The molecule has 0 bridgehead atoms. The molecule has 0 aromatic carbocycles. The largest absolute Gasteiger partial charge is 0.303 e. The Balaban J connectivity index is 1.67. The van der Waals surface area contributed by atoms with Gasteiger partial charge in [0.1, 0.15) is 0 Å². The van der Waals surface area contributed by atoms with E-state index in [-0.39, 0.29) is 0 Å². The first-order valence-corrected chi connectivity index (χ1v) is 7.61. The van der Waals surface area contributed by atoms with Gasteiger partial charge in [-0.2, -0.15) is 0 Å². The second-order valence-electron chi connectivity index (χ2n) is 6.56. The lowest BCUT2D eigenvalue weighted by Crippen LogP contribution is -2.43. The van der Waals surface area contributed by atoms with Crippen LogP contribution in [0.2, 0.25) is 0 Å². The minimum atomic E-state index is 0.742. The monoisotopic (exact) mass is 238 g/mol. The molecular formula is C15H30N2. The molecule has 0 aromatic rings. The number of hydrogen-bond donors (Lipinski definition) is 0. The van der Waals surface area contributed by atoms with Gasteiger partial charge < -0.3 is 9.80 Å². The molecule has 0 saturated carbocycles. The normalized spacial score (nSPS) is 26.8. The van der Waals surface area contributed by atoms with E-state index in [2.05, 4.69) is 30.6 Å². The third-order valence-corrected chi connectivity index (χ3v) is 4.77. The Kier molecular flexibility index (Phi) is 4.87. The molecule has 0 N–H and O–H groups in total. The molecule has 0 radical (unpaired) electrons. The number of nitrogens with zero attached hydrogens (tertiary/aromatic N) is 2. The van der Waals surface area contributed by atoms with E-state index in [1.165, 1.54) is 58.4 Å². The van der Waals surface area contributed by atoms with Gasteiger partial charge in [-0.15, -0.1) is 0 Å². The van der Waals surface area contributed by atoms with E-state index in [0.717, 1.165) is 17.9 Å². The smallest absolute Gasteiger partial charge is 0.00385 e. The van der Waals surface area contributed by atoms with Crippen molar-refractivity contribution < 1.29 is 0 Å². The summed E-state index contributed by atoms with van der Waals surface area (Å²) in [5, 5.41) is 0. The van der Waals surface area contributed by atoms with Crippen LogP contribution in [0.3, 0.4) is 0 Å². The van der Waals surface area contributed by atoms with E-state index < -0.39 is 0 Å². The van der Waals surface area contributed by atoms with Crippen LogP contribution in [0.4, 0.5) is 0 Å². The van der Waals surface area contributed by atoms with Crippen LogP contribution in [0.1, 0.15) is 46.5 Å². The summed E-state index contributed by atoms with van der Waals surface area (Å²) < 4.78 is 0. The molecular weight excluding hydrogens is 208 g/mol. The maximum absolute atomic E-state index is 2.72. The first-order valence-electron chi connectivity index (χ1n) is 7.61. The molecule has 100 valence electrons. The highest BCUT2D eigenvalue weighted by Crippen LogP contribution is 2.23. The third kappa shape index (κ3) is 3.96. The molecule has 2 heteroatoms. The fourth-order valence-electron chi connectivity index (χ4n) is 3.26. The first-order chi connectivity index (χ1) is 8.15. The van der Waals surface area contributed by atoms with Crippen LogP contribution in [0.25, 0.3) is 0 Å². The Hall–Kier alpha value is -0.0800. The van der Waals surface area contributed by atoms with Crippen LogP contribution in [0.15, 0.2) is 0 Å². The van der Waals surface area contributed by atoms with Gasteiger partial charge in [0.05, 0.1) is 0 Å². The summed E-state index contributed by atoms with van der Waals surface area (Å²) in [6.07, 6.45) is 5.68. The lowest BCUT2D eigenvalue weighted by Gasteiger charge is -2.38. The lowest BCUT2D eigenvalue weighted by molar-refractivity contribution is 0.106. The summed E-state index contributed by atoms with van der Waals surface area (Å²) in [6, 6.07) is 0.742. The van der Waals surface area contributed by atoms with Crippen molar-refractivity contribution in [3.05, 3.63) is 0 Å². The molecule has 2 rings (SSSR count). The Morgan fingerprint density at radius 3 is 2.06 bits per heavy atom. The van der Waals surface area contributed by atoms with Crippen LogP contribution >= 0.6 is 0 Å². The summed E-state index contributed by atoms with van der Waals surface area (Å²) in [6.45, 7) is 13.8. The fraction of sp³-hybridized carbons (Fsp3) is 1.00. The fourth-order valence-corrected chi connectivity index (χ4v) is 3.26. The second kappa shape index (κ2) is 6.19. The Labute approximate surface area is 107 Å². The van der Waals surface area contributed by atoms with Crippen molar-refractivity contribution in [1.29, 1.82) is 0 Å². The van der Waals surface area contributed by atoms with E-state index >= 15 is 0 Å². The molecule has 0 amide bonds. The van der Waals surface area contributed by atoms with Gasteiger partial charge in [-0.1, -0.05) is 6.92 Å². The van der Waals surface area contributed by atoms with E-state index in [1.54, 1.807) is 0 Å². The van der Waals surface area contributed by atoms with Crippen molar-refractivity contribution in [2.75, 3.05) is 32.7 Å². The number of hydrogen-bond acceptors (Lipinski definition) is 2. The van der Waals surface area contributed by atoms with Crippen LogP contribution in [0.5, 0.6) is 0 Å². The van der Waals surface area contributed by atoms with E-state index in [9.17, 15) is 0 Å². The molecule has 2 fully saturated rings. The van der Waals surface area contributed by atoms with Crippen molar-refractivity contribution >= 4 is 0 Å². The highest BCUT2D eigenvalue weighted by molar-refractivity contribution is 4.78. The summed E-state index contributed by atoms with van der Waals surface area (Å²) in [5.41, 5.74) is 0. The van der Waals surface area contributed by atoms with Gasteiger partial charge >= 0.3 is 0 Å². The van der Waals surface area contributed by atoms with Crippen molar-refractivity contribution in [2.45, 2.75) is 52.5 Å². The lowest BCUT2D eigenvalue weighted by atomic mass is 9.93. The Bertz CT molecular complexity index is 211. The minimum absolute atomic E-state index is 0.742. The van der Waals surface area contributed by atoms with Crippen LogP contribution < -0.4 is 0 Å². The van der Waals surface area contributed by atoms with Crippen molar-refractivity contribution in [3.63, 3.8) is 0 Å². The number of piperidine rings is 2. The summed E-state index contributed by atoms with van der Waals surface area (Å²) in [4.78, 5) is 5.35. The van der Waals surface area contributed by atoms with E-state index in [1.807, 2.05) is 0 Å². The minimum Gasteiger partial charge on any atom is -0.303 e. The van der Waals surface area contributed by atoms with E-state index in [4.69, 9.17) is 0 Å². The summed E-state index contributed by atoms with van der Waals surface area (Å²) >= 11 is 0. The molecule has 0 aromatic heterocycles. The average molecular weight is 238 g/mol. The van der Waals surface area contributed by atoms with Gasteiger partial charge in [0.25, 0.3) is 0 Å². The molecule has 0 spiro atoms. The highest BCUT2D eigenvalue weighted by Gasteiger charge is 2.24. The van der Waals surface area contributed by atoms with Gasteiger partial charge in [-0.25, -0.2) is 0 Å². The van der Waals surface area contributed by atoms with Gasteiger partial charge in [-0.3, -0.25) is 0 Å². The Morgan fingerprint density at radius 2 is 1.53 bits per heavy atom. The molecule has 0 atom stereocenters. The third-order valence-electron chi connectivity index (χ3n) is 4.77.